The molecule has 0 saturated heterocycles. The average molecular weight is 466 g/mol. The molecular weight excluding hydrogens is 426 g/mol. The van der Waals surface area contributed by atoms with Crippen molar-refractivity contribution >= 4 is 34.4 Å². The maximum Gasteiger partial charge on any atom is 0.224 e. The van der Waals surface area contributed by atoms with Crippen LogP contribution in [0.2, 0.25) is 0 Å². The van der Waals surface area contributed by atoms with E-state index in [9.17, 15) is 4.79 Å². The Morgan fingerprint density at radius 1 is 1.12 bits per heavy atom. The van der Waals surface area contributed by atoms with E-state index >= 15 is 0 Å². The lowest BCUT2D eigenvalue weighted by Gasteiger charge is -2.18. The zero-order chi connectivity index (χ0) is 23.5. The summed E-state index contributed by atoms with van der Waals surface area (Å²) < 4.78 is 0. The van der Waals surface area contributed by atoms with Crippen LogP contribution in [0.5, 0.6) is 0 Å². The number of nitrogens with one attached hydrogen (secondary N) is 2. The quantitative estimate of drug-likeness (QED) is 0.248. The van der Waals surface area contributed by atoms with Gasteiger partial charge in [-0.1, -0.05) is 76.8 Å². The largest absolute Gasteiger partial charge is 0.342 e. The molecule has 2 aromatic carbocycles. The fourth-order valence-electron chi connectivity index (χ4n) is 4.29. The molecule has 1 heterocycles. The van der Waals surface area contributed by atoms with Crippen molar-refractivity contribution in [2.75, 3.05) is 11.1 Å². The van der Waals surface area contributed by atoms with E-state index in [0.717, 1.165) is 46.0 Å². The molecule has 1 aliphatic carbocycles. The summed E-state index contributed by atoms with van der Waals surface area (Å²) in [4.78, 5) is 22.3. The van der Waals surface area contributed by atoms with E-state index in [0.29, 0.717) is 12.3 Å². The number of hydrogen-bond acceptors (Lipinski definition) is 3. The van der Waals surface area contributed by atoms with Crippen molar-refractivity contribution < 1.29 is 4.79 Å². The highest BCUT2D eigenvalue weighted by atomic mass is 32.2. The van der Waals surface area contributed by atoms with Crippen molar-refractivity contribution in [1.82, 2.24) is 9.97 Å². The van der Waals surface area contributed by atoms with Gasteiger partial charge in [-0.25, -0.2) is 4.98 Å². The van der Waals surface area contributed by atoms with Gasteiger partial charge in [-0.05, 0) is 49.1 Å². The Kier molecular flexibility index (Phi) is 10.3. The standard InChI is InChI=1S/C26H33N3OS.C2H6/c1-2-3-16-31-24-18-22-21(28-26(29-22)20-12-8-5-9-13-20)17-23(24)27-25(30)15-14-19-10-6-4-7-11-19;1-2/h4,6-7,10-11,17-18,20H,2-3,5,8-9,12-16H2,1H3,(H,27,30)(H,28,29);1-2H3. The SMILES string of the molecule is CC.CCCCSc1cc2nc(C3CCCCC3)[nH]c2cc1NC(=O)CCc1ccccc1. The Balaban J connectivity index is 0.00000149. The molecule has 0 bridgehead atoms. The first-order valence-corrected chi connectivity index (χ1v) is 13.7. The Hall–Kier alpha value is -2.27. The van der Waals surface area contributed by atoms with Crippen molar-refractivity contribution in [3.05, 3.63) is 53.9 Å². The number of aromatic nitrogens is 2. The Morgan fingerprint density at radius 3 is 2.61 bits per heavy atom. The van der Waals surface area contributed by atoms with E-state index < -0.39 is 0 Å². The molecule has 4 nitrogen and oxygen atoms in total. The van der Waals surface area contributed by atoms with Gasteiger partial charge in [-0.3, -0.25) is 4.79 Å². The number of imidazole rings is 1. The van der Waals surface area contributed by atoms with Crippen LogP contribution in [0.3, 0.4) is 0 Å². The second-order valence-electron chi connectivity index (χ2n) is 8.56. The summed E-state index contributed by atoms with van der Waals surface area (Å²) in [6.07, 6.45) is 9.95. The maximum atomic E-state index is 12.7. The summed E-state index contributed by atoms with van der Waals surface area (Å²) in [5.41, 5.74) is 4.14. The van der Waals surface area contributed by atoms with Crippen molar-refractivity contribution in [2.24, 2.45) is 0 Å². The predicted octanol–water partition coefficient (Wildman–Crippen LogP) is 8.10. The fraction of sp³-hybridized carbons (Fsp3) is 0.500. The van der Waals surface area contributed by atoms with E-state index in [1.807, 2.05) is 43.8 Å². The van der Waals surface area contributed by atoms with Crippen molar-refractivity contribution in [2.45, 2.75) is 89.4 Å². The first-order valence-electron chi connectivity index (χ1n) is 12.7. The number of fused-ring (bicyclic) bond motifs is 1. The first kappa shape index (κ1) is 25.4. The minimum absolute atomic E-state index is 0.0626. The molecule has 33 heavy (non-hydrogen) atoms. The number of carbonyl (C=O) groups excluding carboxylic acids is 1. The third-order valence-electron chi connectivity index (χ3n) is 6.11. The Morgan fingerprint density at radius 2 is 1.88 bits per heavy atom. The van der Waals surface area contributed by atoms with Gasteiger partial charge in [0, 0.05) is 17.2 Å². The molecule has 1 aromatic heterocycles. The summed E-state index contributed by atoms with van der Waals surface area (Å²) in [6, 6.07) is 14.4. The van der Waals surface area contributed by atoms with Crippen LogP contribution in [-0.2, 0) is 11.2 Å². The molecule has 0 atom stereocenters. The number of carbonyl (C=O) groups is 1. The van der Waals surface area contributed by atoms with Crippen LogP contribution < -0.4 is 5.32 Å². The zero-order valence-electron chi connectivity index (χ0n) is 20.5. The summed E-state index contributed by atoms with van der Waals surface area (Å²) in [7, 11) is 0. The normalized spacial score (nSPS) is 14.0. The van der Waals surface area contributed by atoms with E-state index in [1.54, 1.807) is 0 Å². The van der Waals surface area contributed by atoms with Crippen molar-refractivity contribution in [3.8, 4) is 0 Å². The predicted molar refractivity (Wildman–Crippen MR) is 142 cm³/mol. The van der Waals surface area contributed by atoms with Crippen molar-refractivity contribution in [3.63, 3.8) is 0 Å². The minimum atomic E-state index is 0.0626. The number of anilines is 1. The summed E-state index contributed by atoms with van der Waals surface area (Å²) in [6.45, 7) is 6.21. The van der Waals surface area contributed by atoms with E-state index in [1.165, 1.54) is 44.1 Å². The van der Waals surface area contributed by atoms with Gasteiger partial charge in [0.05, 0.1) is 16.7 Å². The lowest BCUT2D eigenvalue weighted by Crippen LogP contribution is -2.13. The molecular formula is C28H39N3OS. The number of amides is 1. The van der Waals surface area contributed by atoms with Crippen LogP contribution in [0.1, 0.15) is 89.4 Å². The second kappa shape index (κ2) is 13.4. The lowest BCUT2D eigenvalue weighted by atomic mass is 9.89. The molecule has 0 aliphatic heterocycles. The molecule has 2 N–H and O–H groups in total. The average Bonchev–Trinajstić information content (AvgIpc) is 3.28. The van der Waals surface area contributed by atoms with Crippen molar-refractivity contribution in [1.29, 1.82) is 0 Å². The third-order valence-corrected chi connectivity index (χ3v) is 7.25. The van der Waals surface area contributed by atoms with Crippen LogP contribution in [-0.4, -0.2) is 21.6 Å². The lowest BCUT2D eigenvalue weighted by molar-refractivity contribution is -0.116. The molecule has 1 saturated carbocycles. The highest BCUT2D eigenvalue weighted by Gasteiger charge is 2.20. The molecule has 0 radical (unpaired) electrons. The van der Waals surface area contributed by atoms with Crippen LogP contribution in [0.4, 0.5) is 5.69 Å². The molecule has 1 fully saturated rings. The fourth-order valence-corrected chi connectivity index (χ4v) is 5.40. The van der Waals surface area contributed by atoms with Gasteiger partial charge in [-0.15, -0.1) is 11.8 Å². The number of aromatic amines is 1. The van der Waals surface area contributed by atoms with Crippen LogP contribution >= 0.6 is 11.8 Å². The maximum absolute atomic E-state index is 12.7. The molecule has 1 amide bonds. The summed E-state index contributed by atoms with van der Waals surface area (Å²) in [5.74, 6) is 2.77. The molecule has 3 aromatic rings. The number of thioether (sulfide) groups is 1. The summed E-state index contributed by atoms with van der Waals surface area (Å²) in [5, 5.41) is 3.18. The second-order valence-corrected chi connectivity index (χ2v) is 9.70. The topological polar surface area (TPSA) is 57.8 Å². The number of nitrogens with zero attached hydrogens (tertiary/aromatic N) is 1. The molecule has 1 aliphatic rings. The van der Waals surface area contributed by atoms with E-state index in [2.05, 4.69) is 41.5 Å². The van der Waals surface area contributed by atoms with Crippen LogP contribution in [0, 0.1) is 0 Å². The highest BCUT2D eigenvalue weighted by Crippen LogP contribution is 2.35. The summed E-state index contributed by atoms with van der Waals surface area (Å²) >= 11 is 1.82. The van der Waals surface area contributed by atoms with Crippen LogP contribution in [0.25, 0.3) is 11.0 Å². The van der Waals surface area contributed by atoms with Gasteiger partial charge in [-0.2, -0.15) is 0 Å². The van der Waals surface area contributed by atoms with Gasteiger partial charge >= 0.3 is 0 Å². The Bertz CT molecular complexity index is 993. The Labute approximate surface area is 203 Å². The van der Waals surface area contributed by atoms with Gasteiger partial charge in [0.25, 0.3) is 0 Å². The van der Waals surface area contributed by atoms with Gasteiger partial charge in [0.2, 0.25) is 5.91 Å². The van der Waals surface area contributed by atoms with Crippen LogP contribution in [0.15, 0.2) is 47.4 Å². The van der Waals surface area contributed by atoms with Gasteiger partial charge in [0.1, 0.15) is 5.82 Å². The monoisotopic (exact) mass is 465 g/mol. The zero-order valence-corrected chi connectivity index (χ0v) is 21.3. The van der Waals surface area contributed by atoms with E-state index in [-0.39, 0.29) is 5.91 Å². The number of benzene rings is 2. The highest BCUT2D eigenvalue weighted by molar-refractivity contribution is 7.99. The molecule has 0 unspecified atom stereocenters. The number of unbranched alkanes of at least 4 members (excludes halogenated alkanes) is 1. The minimum Gasteiger partial charge on any atom is -0.342 e. The van der Waals surface area contributed by atoms with Gasteiger partial charge < -0.3 is 10.3 Å². The smallest absolute Gasteiger partial charge is 0.224 e. The first-order chi connectivity index (χ1) is 16.2. The third kappa shape index (κ3) is 7.36. The number of hydrogen-bond donors (Lipinski definition) is 2. The number of H-pyrrole nitrogens is 1. The molecule has 0 spiro atoms. The number of aryl methyl sites for hydroxylation is 1. The van der Waals surface area contributed by atoms with E-state index in [4.69, 9.17) is 4.98 Å². The molecule has 178 valence electrons. The molecule has 5 heteroatoms. The molecule has 4 rings (SSSR count). The number of rotatable bonds is 9. The van der Waals surface area contributed by atoms with Gasteiger partial charge in [0.15, 0.2) is 0 Å².